The van der Waals surface area contributed by atoms with Gasteiger partial charge in [0.2, 0.25) is 5.91 Å². The number of rotatable bonds is 1. The molecule has 0 spiro atoms. The summed E-state index contributed by atoms with van der Waals surface area (Å²) in [6.45, 7) is 2.40. The van der Waals surface area contributed by atoms with Gasteiger partial charge in [0.1, 0.15) is 0 Å². The van der Waals surface area contributed by atoms with Gasteiger partial charge in [0.25, 0.3) is 0 Å². The van der Waals surface area contributed by atoms with Gasteiger partial charge >= 0.3 is 0 Å². The van der Waals surface area contributed by atoms with E-state index in [0.717, 1.165) is 0 Å². The molecule has 6 nitrogen and oxygen atoms in total. The molecular weight excluding hydrogens is 212 g/mol. The summed E-state index contributed by atoms with van der Waals surface area (Å²) in [6, 6.07) is -1.06. The minimum Gasteiger partial charge on any atom is -0.391 e. The minimum absolute atomic E-state index is 0.288. The number of nitrogens with one attached hydrogen (secondary N) is 1. The van der Waals surface area contributed by atoms with Gasteiger partial charge in [0.15, 0.2) is 0 Å². The van der Waals surface area contributed by atoms with Crippen molar-refractivity contribution in [2.75, 3.05) is 13.1 Å². The molecule has 2 fully saturated rings. The lowest BCUT2D eigenvalue weighted by Crippen LogP contribution is -2.66. The summed E-state index contributed by atoms with van der Waals surface area (Å²) < 4.78 is 0. The van der Waals surface area contributed by atoms with E-state index in [9.17, 15) is 20.1 Å². The monoisotopic (exact) mass is 230 g/mol. The van der Waals surface area contributed by atoms with E-state index in [4.69, 9.17) is 0 Å². The van der Waals surface area contributed by atoms with Crippen molar-refractivity contribution in [3.8, 4) is 0 Å². The molecule has 0 bridgehead atoms. The van der Waals surface area contributed by atoms with Crippen LogP contribution in [0.4, 0.5) is 0 Å². The lowest BCUT2D eigenvalue weighted by atomic mass is 9.90. The number of carbonyl (C=O) groups excluding carboxylic acids is 1. The molecule has 2 aliphatic rings. The van der Waals surface area contributed by atoms with Gasteiger partial charge in [-0.1, -0.05) is 0 Å². The molecule has 2 heterocycles. The van der Waals surface area contributed by atoms with E-state index in [1.54, 1.807) is 0 Å². The zero-order chi connectivity index (χ0) is 11.9. The van der Waals surface area contributed by atoms with Gasteiger partial charge in [-0.25, -0.2) is 0 Å². The molecule has 0 aromatic rings. The maximum Gasteiger partial charge on any atom is 0.217 e. The Morgan fingerprint density at radius 3 is 2.62 bits per heavy atom. The predicted molar refractivity (Wildman–Crippen MR) is 55.6 cm³/mol. The summed E-state index contributed by atoms with van der Waals surface area (Å²) >= 11 is 0. The Labute approximate surface area is 93.9 Å². The summed E-state index contributed by atoms with van der Waals surface area (Å²) in [4.78, 5) is 12.8. The van der Waals surface area contributed by atoms with E-state index in [1.165, 1.54) is 6.92 Å². The Hall–Kier alpha value is -0.690. The lowest BCUT2D eigenvalue weighted by Gasteiger charge is -2.43. The van der Waals surface area contributed by atoms with Gasteiger partial charge in [-0.2, -0.15) is 0 Å². The second-order valence-electron chi connectivity index (χ2n) is 4.63. The molecule has 16 heavy (non-hydrogen) atoms. The molecular formula is C10H18N2O4. The molecule has 92 valence electrons. The van der Waals surface area contributed by atoms with Gasteiger partial charge in [-0.3, -0.25) is 9.69 Å². The van der Waals surface area contributed by atoms with Gasteiger partial charge in [0.05, 0.1) is 30.4 Å². The topological polar surface area (TPSA) is 93.0 Å². The van der Waals surface area contributed by atoms with Crippen LogP contribution in [0.5, 0.6) is 0 Å². The van der Waals surface area contributed by atoms with Crippen LogP contribution in [0.3, 0.4) is 0 Å². The predicted octanol–water partition coefficient (Wildman–Crippen LogP) is -2.34. The van der Waals surface area contributed by atoms with Crippen molar-refractivity contribution in [2.24, 2.45) is 0 Å². The van der Waals surface area contributed by atoms with Gasteiger partial charge < -0.3 is 20.6 Å². The van der Waals surface area contributed by atoms with Crippen LogP contribution in [0.1, 0.15) is 13.3 Å². The summed E-state index contributed by atoms with van der Waals surface area (Å²) in [6.07, 6.45) is -1.70. The minimum atomic E-state index is -0.926. The highest BCUT2D eigenvalue weighted by atomic mass is 16.3. The number of hydrogen-bond acceptors (Lipinski definition) is 5. The van der Waals surface area contributed by atoms with Crippen molar-refractivity contribution in [3.63, 3.8) is 0 Å². The average molecular weight is 230 g/mol. The Bertz CT molecular complexity index is 286. The lowest BCUT2D eigenvalue weighted by molar-refractivity contribution is -0.127. The number of carbonyl (C=O) groups is 1. The molecule has 5 atom stereocenters. The Morgan fingerprint density at radius 1 is 1.31 bits per heavy atom. The molecule has 0 aromatic carbocycles. The molecule has 2 aliphatic heterocycles. The second kappa shape index (κ2) is 4.29. The summed E-state index contributed by atoms with van der Waals surface area (Å²) in [7, 11) is 0. The maximum atomic E-state index is 11.0. The molecule has 4 N–H and O–H groups in total. The third-order valence-corrected chi connectivity index (χ3v) is 3.45. The van der Waals surface area contributed by atoms with Crippen molar-refractivity contribution in [1.82, 2.24) is 10.2 Å². The number of amides is 1. The number of piperidine rings is 1. The first-order valence-corrected chi connectivity index (χ1v) is 5.56. The van der Waals surface area contributed by atoms with Crippen molar-refractivity contribution in [3.05, 3.63) is 0 Å². The van der Waals surface area contributed by atoms with Crippen LogP contribution in [-0.2, 0) is 4.79 Å². The molecule has 6 heteroatoms. The van der Waals surface area contributed by atoms with Crippen molar-refractivity contribution >= 4 is 5.91 Å². The van der Waals surface area contributed by atoms with Crippen molar-refractivity contribution < 1.29 is 20.1 Å². The van der Waals surface area contributed by atoms with Crippen molar-refractivity contribution in [1.29, 1.82) is 0 Å². The van der Waals surface area contributed by atoms with E-state index >= 15 is 0 Å². The maximum absolute atomic E-state index is 11.0. The third-order valence-electron chi connectivity index (χ3n) is 3.45. The van der Waals surface area contributed by atoms with E-state index in [-0.39, 0.29) is 11.9 Å². The Balaban J connectivity index is 2.12. The van der Waals surface area contributed by atoms with Crippen LogP contribution in [0, 0.1) is 0 Å². The number of aliphatic hydroxyl groups excluding tert-OH is 3. The fourth-order valence-electron chi connectivity index (χ4n) is 2.73. The smallest absolute Gasteiger partial charge is 0.217 e. The highest BCUT2D eigenvalue weighted by Gasteiger charge is 2.48. The van der Waals surface area contributed by atoms with E-state index in [2.05, 4.69) is 5.32 Å². The van der Waals surface area contributed by atoms with Gasteiger partial charge in [-0.15, -0.1) is 0 Å². The first-order chi connectivity index (χ1) is 7.50. The summed E-state index contributed by atoms with van der Waals surface area (Å²) in [5.74, 6) is -0.288. The number of hydrogen-bond donors (Lipinski definition) is 4. The summed E-state index contributed by atoms with van der Waals surface area (Å²) in [5, 5.41) is 32.2. The fourth-order valence-corrected chi connectivity index (χ4v) is 2.73. The third kappa shape index (κ3) is 1.93. The van der Waals surface area contributed by atoms with Gasteiger partial charge in [0, 0.05) is 20.0 Å². The SMILES string of the molecule is CC(=O)N[C@H]1[C@H](O)[C@H]2[C@@H](O)CCN2C[C@@H]1O. The van der Waals surface area contributed by atoms with Crippen LogP contribution in [0.2, 0.25) is 0 Å². The van der Waals surface area contributed by atoms with Crippen LogP contribution < -0.4 is 5.32 Å². The number of aliphatic hydroxyl groups is 3. The molecule has 2 rings (SSSR count). The standard InChI is InChI=1S/C10H18N2O4/c1-5(13)11-8-7(15)4-12-3-2-6(14)9(12)10(8)16/h6-10,14-16H,2-4H2,1H3,(H,11,13)/t6-,7-,8+,9+,10-/m0/s1. The zero-order valence-electron chi connectivity index (χ0n) is 9.21. The molecule has 0 saturated carbocycles. The average Bonchev–Trinajstić information content (AvgIpc) is 2.54. The van der Waals surface area contributed by atoms with Gasteiger partial charge in [-0.05, 0) is 6.42 Å². The first-order valence-electron chi connectivity index (χ1n) is 5.56. The Kier molecular flexibility index (Phi) is 3.16. The largest absolute Gasteiger partial charge is 0.391 e. The molecule has 0 unspecified atom stereocenters. The molecule has 0 radical (unpaired) electrons. The van der Waals surface area contributed by atoms with Crippen LogP contribution in [-0.4, -0.2) is 69.6 Å². The fraction of sp³-hybridized carbons (Fsp3) is 0.900. The number of nitrogens with zero attached hydrogens (tertiary/aromatic N) is 1. The quantitative estimate of drug-likeness (QED) is 0.405. The highest BCUT2D eigenvalue weighted by Crippen LogP contribution is 2.28. The van der Waals surface area contributed by atoms with Crippen LogP contribution >= 0.6 is 0 Å². The summed E-state index contributed by atoms with van der Waals surface area (Å²) in [5.41, 5.74) is 0. The molecule has 1 amide bonds. The number of fused-ring (bicyclic) bond motifs is 1. The zero-order valence-corrected chi connectivity index (χ0v) is 9.21. The molecule has 0 aliphatic carbocycles. The van der Waals surface area contributed by atoms with Crippen LogP contribution in [0.15, 0.2) is 0 Å². The Morgan fingerprint density at radius 2 is 2.00 bits per heavy atom. The second-order valence-corrected chi connectivity index (χ2v) is 4.63. The van der Waals surface area contributed by atoms with Crippen molar-refractivity contribution in [2.45, 2.75) is 43.7 Å². The van der Waals surface area contributed by atoms with E-state index < -0.39 is 24.4 Å². The normalized spacial score (nSPS) is 44.1. The first kappa shape index (κ1) is 11.8. The highest BCUT2D eigenvalue weighted by molar-refractivity contribution is 5.73. The van der Waals surface area contributed by atoms with Crippen LogP contribution in [0.25, 0.3) is 0 Å². The molecule has 0 aromatic heterocycles. The van der Waals surface area contributed by atoms with E-state index in [0.29, 0.717) is 19.5 Å². The van der Waals surface area contributed by atoms with E-state index in [1.807, 2.05) is 4.90 Å². The molecule has 2 saturated heterocycles.